The molecule has 0 radical (unpaired) electrons. The third-order valence-electron chi connectivity index (χ3n) is 2.80. The number of benzene rings is 1. The van der Waals surface area contributed by atoms with Gasteiger partial charge in [-0.3, -0.25) is 0 Å². The summed E-state index contributed by atoms with van der Waals surface area (Å²) in [5, 5.41) is 5.47. The zero-order valence-corrected chi connectivity index (χ0v) is 10.8. The van der Waals surface area contributed by atoms with Crippen molar-refractivity contribution < 1.29 is 17.9 Å². The minimum absolute atomic E-state index is 0.0783. The molecule has 104 valence electrons. The van der Waals surface area contributed by atoms with Crippen LogP contribution in [0, 0.1) is 17.5 Å². The molecule has 0 saturated carbocycles. The van der Waals surface area contributed by atoms with Crippen molar-refractivity contribution in [3.05, 3.63) is 29.6 Å². The van der Waals surface area contributed by atoms with Crippen LogP contribution in [0.5, 0.6) is 0 Å². The summed E-state index contributed by atoms with van der Waals surface area (Å²) in [6.45, 7) is 1.22. The fraction of sp³-hybridized carbons (Fsp3) is 0.417. The number of anilines is 1. The van der Waals surface area contributed by atoms with Crippen molar-refractivity contribution in [3.63, 3.8) is 0 Å². The maximum atomic E-state index is 13.4. The predicted octanol–water partition coefficient (Wildman–Crippen LogP) is 2.57. The first-order chi connectivity index (χ1) is 9.08. The van der Waals surface area contributed by atoms with Crippen molar-refractivity contribution in [1.82, 2.24) is 5.32 Å². The van der Waals surface area contributed by atoms with E-state index >= 15 is 0 Å². The lowest BCUT2D eigenvalue weighted by Crippen LogP contribution is -2.35. The molecule has 1 atom stereocenters. The van der Waals surface area contributed by atoms with Gasteiger partial charge in [0, 0.05) is 13.2 Å². The van der Waals surface area contributed by atoms with E-state index in [1.54, 1.807) is 0 Å². The second-order valence-electron chi connectivity index (χ2n) is 4.19. The van der Waals surface area contributed by atoms with Gasteiger partial charge in [0.05, 0.1) is 11.8 Å². The Hall–Kier alpha value is -1.34. The lowest BCUT2D eigenvalue weighted by Gasteiger charge is -2.14. The molecule has 19 heavy (non-hydrogen) atoms. The monoisotopic (exact) mass is 290 g/mol. The fourth-order valence-electron chi connectivity index (χ4n) is 1.80. The van der Waals surface area contributed by atoms with Crippen molar-refractivity contribution in [2.75, 3.05) is 18.5 Å². The second kappa shape index (κ2) is 6.21. The summed E-state index contributed by atoms with van der Waals surface area (Å²) >= 11 is 4.95. The van der Waals surface area contributed by atoms with Crippen LogP contribution in [0.2, 0.25) is 0 Å². The number of thiocarbonyl (C=S) groups is 1. The number of hydrogen-bond acceptors (Lipinski definition) is 2. The molecule has 1 aliphatic rings. The Balaban J connectivity index is 1.89. The normalized spacial score (nSPS) is 18.4. The van der Waals surface area contributed by atoms with Gasteiger partial charge in [-0.2, -0.15) is 0 Å². The highest BCUT2D eigenvalue weighted by molar-refractivity contribution is 7.80. The van der Waals surface area contributed by atoms with E-state index in [1.807, 2.05) is 0 Å². The van der Waals surface area contributed by atoms with E-state index < -0.39 is 17.5 Å². The first-order valence-electron chi connectivity index (χ1n) is 5.88. The van der Waals surface area contributed by atoms with Gasteiger partial charge >= 0.3 is 0 Å². The quantitative estimate of drug-likeness (QED) is 0.662. The highest BCUT2D eigenvalue weighted by Crippen LogP contribution is 2.19. The lowest BCUT2D eigenvalue weighted by molar-refractivity contribution is 0.114. The van der Waals surface area contributed by atoms with E-state index in [4.69, 9.17) is 17.0 Å². The third-order valence-corrected chi connectivity index (χ3v) is 3.04. The summed E-state index contributed by atoms with van der Waals surface area (Å²) in [5.41, 5.74) is -0.205. The standard InChI is InChI=1S/C12H13F3N2OS/c13-8-3-4-9(11(15)10(8)14)17-12(19)16-6-7-2-1-5-18-7/h3-4,7H,1-2,5-6H2,(H2,16,17,19). The molecular weight excluding hydrogens is 277 g/mol. The average Bonchev–Trinajstić information content (AvgIpc) is 2.90. The van der Waals surface area contributed by atoms with Crippen molar-refractivity contribution in [2.24, 2.45) is 0 Å². The van der Waals surface area contributed by atoms with Gasteiger partial charge < -0.3 is 15.4 Å². The summed E-state index contributed by atoms with van der Waals surface area (Å²) in [6.07, 6.45) is 2.02. The summed E-state index contributed by atoms with van der Waals surface area (Å²) in [4.78, 5) is 0. The van der Waals surface area contributed by atoms with Crippen LogP contribution in [0.25, 0.3) is 0 Å². The smallest absolute Gasteiger partial charge is 0.196 e. The Morgan fingerprint density at radius 1 is 1.32 bits per heavy atom. The molecule has 0 amide bonds. The van der Waals surface area contributed by atoms with Crippen LogP contribution >= 0.6 is 12.2 Å². The van der Waals surface area contributed by atoms with Crippen molar-refractivity contribution in [1.29, 1.82) is 0 Å². The molecule has 1 unspecified atom stereocenters. The first kappa shape index (κ1) is 14.1. The van der Waals surface area contributed by atoms with Crippen LogP contribution < -0.4 is 10.6 Å². The lowest BCUT2D eigenvalue weighted by atomic mass is 10.2. The second-order valence-corrected chi connectivity index (χ2v) is 4.60. The van der Waals surface area contributed by atoms with Gasteiger partial charge in [0.1, 0.15) is 0 Å². The summed E-state index contributed by atoms with van der Waals surface area (Å²) in [5.74, 6) is -4.05. The van der Waals surface area contributed by atoms with Gasteiger partial charge in [-0.15, -0.1) is 0 Å². The van der Waals surface area contributed by atoms with Gasteiger partial charge in [-0.25, -0.2) is 13.2 Å². The van der Waals surface area contributed by atoms with Crippen molar-refractivity contribution in [3.8, 4) is 0 Å². The number of nitrogens with one attached hydrogen (secondary N) is 2. The van der Waals surface area contributed by atoms with Gasteiger partial charge in [-0.1, -0.05) is 0 Å². The van der Waals surface area contributed by atoms with E-state index in [1.165, 1.54) is 0 Å². The molecule has 1 aromatic rings. The minimum atomic E-state index is -1.52. The molecule has 7 heteroatoms. The largest absolute Gasteiger partial charge is 0.376 e. The molecule has 0 bridgehead atoms. The van der Waals surface area contributed by atoms with E-state index in [0.29, 0.717) is 6.54 Å². The van der Waals surface area contributed by atoms with Gasteiger partial charge in [-0.05, 0) is 37.2 Å². The molecule has 1 aliphatic heterocycles. The molecule has 2 rings (SSSR count). The highest BCUT2D eigenvalue weighted by atomic mass is 32.1. The molecule has 2 N–H and O–H groups in total. The van der Waals surface area contributed by atoms with Crippen LogP contribution in [-0.4, -0.2) is 24.4 Å². The van der Waals surface area contributed by atoms with E-state index in [2.05, 4.69) is 10.6 Å². The van der Waals surface area contributed by atoms with Gasteiger partial charge in [0.25, 0.3) is 0 Å². The molecule has 1 aromatic carbocycles. The topological polar surface area (TPSA) is 33.3 Å². The van der Waals surface area contributed by atoms with Gasteiger partial charge in [0.15, 0.2) is 22.6 Å². The molecule has 1 saturated heterocycles. The SMILES string of the molecule is Fc1ccc(NC(=S)NCC2CCCO2)c(F)c1F. The predicted molar refractivity (Wildman–Crippen MR) is 69.5 cm³/mol. The van der Waals surface area contributed by atoms with Crippen LogP contribution in [-0.2, 0) is 4.74 Å². The maximum Gasteiger partial charge on any atom is 0.196 e. The molecule has 0 spiro atoms. The molecule has 0 aliphatic carbocycles. The Morgan fingerprint density at radius 3 is 2.79 bits per heavy atom. The van der Waals surface area contributed by atoms with Crippen LogP contribution in [0.3, 0.4) is 0 Å². The van der Waals surface area contributed by atoms with Crippen LogP contribution in [0.4, 0.5) is 18.9 Å². The zero-order valence-electron chi connectivity index (χ0n) is 10.0. The van der Waals surface area contributed by atoms with Crippen LogP contribution in [0.15, 0.2) is 12.1 Å². The fourth-order valence-corrected chi connectivity index (χ4v) is 1.99. The van der Waals surface area contributed by atoms with Crippen molar-refractivity contribution in [2.45, 2.75) is 18.9 Å². The van der Waals surface area contributed by atoms with Gasteiger partial charge in [0.2, 0.25) is 0 Å². The molecule has 1 fully saturated rings. The Kier molecular flexibility index (Phi) is 4.60. The average molecular weight is 290 g/mol. The minimum Gasteiger partial charge on any atom is -0.376 e. The number of ether oxygens (including phenoxy) is 1. The number of halogens is 3. The number of rotatable bonds is 3. The summed E-state index contributed by atoms with van der Waals surface area (Å²) < 4.78 is 44.5. The van der Waals surface area contributed by atoms with Crippen molar-refractivity contribution >= 4 is 23.0 Å². The molecular formula is C12H13F3N2OS. The Labute approximate surface area is 114 Å². The molecule has 0 aromatic heterocycles. The van der Waals surface area contributed by atoms with E-state index in [0.717, 1.165) is 31.6 Å². The third kappa shape index (κ3) is 3.57. The highest BCUT2D eigenvalue weighted by Gasteiger charge is 2.17. The maximum absolute atomic E-state index is 13.4. The zero-order chi connectivity index (χ0) is 13.8. The van der Waals surface area contributed by atoms with Crippen LogP contribution in [0.1, 0.15) is 12.8 Å². The number of hydrogen-bond donors (Lipinski definition) is 2. The van der Waals surface area contributed by atoms with E-state index in [-0.39, 0.29) is 16.9 Å². The summed E-state index contributed by atoms with van der Waals surface area (Å²) in [7, 11) is 0. The Morgan fingerprint density at radius 2 is 2.11 bits per heavy atom. The van der Waals surface area contributed by atoms with E-state index in [9.17, 15) is 13.2 Å². The molecule has 1 heterocycles. The Bertz CT molecular complexity index is 478. The molecule has 3 nitrogen and oxygen atoms in total. The summed E-state index contributed by atoms with van der Waals surface area (Å²) in [6, 6.07) is 1.93. The first-order valence-corrected chi connectivity index (χ1v) is 6.28.